The van der Waals surface area contributed by atoms with Gasteiger partial charge in [0.1, 0.15) is 18.1 Å². The highest BCUT2D eigenvalue weighted by atomic mass is 16.5. The zero-order valence-electron chi connectivity index (χ0n) is 11.4. The Morgan fingerprint density at radius 3 is 2.75 bits per heavy atom. The molecule has 0 N–H and O–H groups in total. The molecule has 6 heteroatoms. The van der Waals surface area contributed by atoms with Crippen molar-refractivity contribution in [3.05, 3.63) is 41.5 Å². The maximum Gasteiger partial charge on any atom is 0.264 e. The quantitative estimate of drug-likeness (QED) is 0.723. The molecule has 0 amide bonds. The van der Waals surface area contributed by atoms with E-state index >= 15 is 0 Å². The molecule has 0 saturated carbocycles. The monoisotopic (exact) mass is 276 g/mol. The number of hydrogen-bond donors (Lipinski definition) is 0. The SMILES string of the molecule is CCO[C@@H](C)c1noc(COc2ccc(C=O)cc2)n1. The van der Waals surface area contributed by atoms with Gasteiger partial charge in [-0.1, -0.05) is 5.16 Å². The molecule has 2 rings (SSSR count). The molecule has 1 aromatic carbocycles. The van der Waals surface area contributed by atoms with E-state index in [1.807, 2.05) is 13.8 Å². The van der Waals surface area contributed by atoms with Crippen molar-refractivity contribution in [2.45, 2.75) is 26.6 Å². The van der Waals surface area contributed by atoms with Crippen molar-refractivity contribution in [3.8, 4) is 5.75 Å². The van der Waals surface area contributed by atoms with E-state index < -0.39 is 0 Å². The fourth-order valence-electron chi connectivity index (χ4n) is 1.60. The number of aldehydes is 1. The van der Waals surface area contributed by atoms with Crippen LogP contribution in [-0.4, -0.2) is 23.0 Å². The van der Waals surface area contributed by atoms with Crippen LogP contribution in [0.2, 0.25) is 0 Å². The molecular formula is C14H16N2O4. The minimum Gasteiger partial charge on any atom is -0.484 e. The van der Waals surface area contributed by atoms with Crippen LogP contribution in [0.5, 0.6) is 5.75 Å². The van der Waals surface area contributed by atoms with Crippen LogP contribution in [0.1, 0.15) is 42.0 Å². The number of benzene rings is 1. The van der Waals surface area contributed by atoms with E-state index in [9.17, 15) is 4.79 Å². The van der Waals surface area contributed by atoms with E-state index in [4.69, 9.17) is 14.0 Å². The molecule has 1 heterocycles. The third-order valence-corrected chi connectivity index (χ3v) is 2.64. The maximum absolute atomic E-state index is 10.5. The van der Waals surface area contributed by atoms with Gasteiger partial charge in [-0.3, -0.25) is 4.79 Å². The summed E-state index contributed by atoms with van der Waals surface area (Å²) >= 11 is 0. The maximum atomic E-state index is 10.5. The van der Waals surface area contributed by atoms with Gasteiger partial charge in [-0.15, -0.1) is 0 Å². The third kappa shape index (κ3) is 3.64. The summed E-state index contributed by atoms with van der Waals surface area (Å²) in [5.41, 5.74) is 0.600. The molecule has 0 spiro atoms. The molecule has 2 aromatic rings. The van der Waals surface area contributed by atoms with Gasteiger partial charge in [0.05, 0.1) is 0 Å². The third-order valence-electron chi connectivity index (χ3n) is 2.64. The van der Waals surface area contributed by atoms with Gasteiger partial charge in [0.2, 0.25) is 0 Å². The number of rotatable bonds is 7. The second-order valence-electron chi connectivity index (χ2n) is 4.12. The highest BCUT2D eigenvalue weighted by Crippen LogP contribution is 2.15. The topological polar surface area (TPSA) is 74.5 Å². The summed E-state index contributed by atoms with van der Waals surface area (Å²) in [6.45, 7) is 4.53. The van der Waals surface area contributed by atoms with Crippen LogP contribution in [-0.2, 0) is 11.3 Å². The summed E-state index contributed by atoms with van der Waals surface area (Å²) in [5.74, 6) is 1.51. The number of hydrogen-bond acceptors (Lipinski definition) is 6. The molecule has 0 aliphatic rings. The normalized spacial score (nSPS) is 12.1. The lowest BCUT2D eigenvalue weighted by atomic mass is 10.2. The van der Waals surface area contributed by atoms with E-state index in [1.165, 1.54) is 0 Å². The van der Waals surface area contributed by atoms with Crippen LogP contribution < -0.4 is 4.74 Å². The molecule has 0 bridgehead atoms. The fraction of sp³-hybridized carbons (Fsp3) is 0.357. The highest BCUT2D eigenvalue weighted by molar-refractivity contribution is 5.74. The van der Waals surface area contributed by atoms with E-state index in [0.29, 0.717) is 29.6 Å². The Bertz CT molecular complexity index is 551. The van der Waals surface area contributed by atoms with E-state index in [1.54, 1.807) is 24.3 Å². The zero-order valence-corrected chi connectivity index (χ0v) is 11.4. The largest absolute Gasteiger partial charge is 0.484 e. The van der Waals surface area contributed by atoms with Gasteiger partial charge in [0.15, 0.2) is 12.4 Å². The van der Waals surface area contributed by atoms with Crippen LogP contribution in [0, 0.1) is 0 Å². The Hall–Kier alpha value is -2.21. The smallest absolute Gasteiger partial charge is 0.264 e. The lowest BCUT2D eigenvalue weighted by Crippen LogP contribution is -2.02. The second kappa shape index (κ2) is 6.81. The zero-order chi connectivity index (χ0) is 14.4. The van der Waals surface area contributed by atoms with Crippen LogP contribution >= 0.6 is 0 Å². The van der Waals surface area contributed by atoms with Crippen molar-refractivity contribution in [3.63, 3.8) is 0 Å². The van der Waals surface area contributed by atoms with Crippen LogP contribution in [0.4, 0.5) is 0 Å². The average Bonchev–Trinajstić information content (AvgIpc) is 2.95. The number of carbonyl (C=O) groups is 1. The highest BCUT2D eigenvalue weighted by Gasteiger charge is 2.13. The molecule has 1 atom stereocenters. The molecule has 1 aromatic heterocycles. The van der Waals surface area contributed by atoms with Gasteiger partial charge < -0.3 is 14.0 Å². The van der Waals surface area contributed by atoms with Crippen LogP contribution in [0.15, 0.2) is 28.8 Å². The van der Waals surface area contributed by atoms with E-state index in [2.05, 4.69) is 10.1 Å². The van der Waals surface area contributed by atoms with Gasteiger partial charge in [-0.25, -0.2) is 0 Å². The first-order valence-electron chi connectivity index (χ1n) is 6.35. The second-order valence-corrected chi connectivity index (χ2v) is 4.12. The van der Waals surface area contributed by atoms with Gasteiger partial charge >= 0.3 is 0 Å². The molecule has 106 valence electrons. The fourth-order valence-corrected chi connectivity index (χ4v) is 1.60. The van der Waals surface area contributed by atoms with E-state index in [-0.39, 0.29) is 12.7 Å². The number of ether oxygens (including phenoxy) is 2. The Balaban J connectivity index is 1.91. The van der Waals surface area contributed by atoms with Crippen LogP contribution in [0.3, 0.4) is 0 Å². The molecular weight excluding hydrogens is 260 g/mol. The molecule has 6 nitrogen and oxygen atoms in total. The predicted molar refractivity (Wildman–Crippen MR) is 70.5 cm³/mol. The molecule has 0 unspecified atom stereocenters. The summed E-state index contributed by atoms with van der Waals surface area (Å²) in [6, 6.07) is 6.78. The minimum atomic E-state index is -0.204. The van der Waals surface area contributed by atoms with E-state index in [0.717, 1.165) is 6.29 Å². The average molecular weight is 276 g/mol. The lowest BCUT2D eigenvalue weighted by molar-refractivity contribution is 0.0683. The first-order valence-corrected chi connectivity index (χ1v) is 6.35. The molecule has 0 aliphatic heterocycles. The van der Waals surface area contributed by atoms with Crippen molar-refractivity contribution in [2.75, 3.05) is 6.61 Å². The van der Waals surface area contributed by atoms with Gasteiger partial charge in [-0.2, -0.15) is 4.98 Å². The van der Waals surface area contributed by atoms with Crippen molar-refractivity contribution in [1.29, 1.82) is 0 Å². The predicted octanol–water partition coefficient (Wildman–Crippen LogP) is 2.56. The summed E-state index contributed by atoms with van der Waals surface area (Å²) in [7, 11) is 0. The molecule has 0 aliphatic carbocycles. The standard InChI is InChI=1S/C14H16N2O4/c1-3-18-10(2)14-15-13(20-16-14)9-19-12-6-4-11(8-17)5-7-12/h4-8,10H,3,9H2,1-2H3/t10-/m0/s1. The number of carbonyl (C=O) groups excluding carboxylic acids is 1. The Kier molecular flexibility index (Phi) is 4.84. The summed E-state index contributed by atoms with van der Waals surface area (Å²) in [6.07, 6.45) is 0.577. The molecule has 20 heavy (non-hydrogen) atoms. The van der Waals surface area contributed by atoms with Gasteiger partial charge in [0, 0.05) is 12.2 Å². The Labute approximate surface area is 116 Å². The lowest BCUT2D eigenvalue weighted by Gasteiger charge is -2.05. The van der Waals surface area contributed by atoms with Gasteiger partial charge in [-0.05, 0) is 38.1 Å². The first-order chi connectivity index (χ1) is 9.72. The molecule has 0 saturated heterocycles. The molecule has 0 radical (unpaired) electrons. The molecule has 0 fully saturated rings. The number of aromatic nitrogens is 2. The van der Waals surface area contributed by atoms with Crippen molar-refractivity contribution < 1.29 is 18.8 Å². The van der Waals surface area contributed by atoms with Gasteiger partial charge in [0.25, 0.3) is 5.89 Å². The van der Waals surface area contributed by atoms with Crippen molar-refractivity contribution in [2.24, 2.45) is 0 Å². The number of nitrogens with zero attached hydrogens (tertiary/aromatic N) is 2. The van der Waals surface area contributed by atoms with Crippen LogP contribution in [0.25, 0.3) is 0 Å². The summed E-state index contributed by atoms with van der Waals surface area (Å²) in [4.78, 5) is 14.7. The Morgan fingerprint density at radius 2 is 2.10 bits per heavy atom. The summed E-state index contributed by atoms with van der Waals surface area (Å²) in [5, 5.41) is 3.84. The first kappa shape index (κ1) is 14.2. The summed E-state index contributed by atoms with van der Waals surface area (Å²) < 4.78 is 15.9. The van der Waals surface area contributed by atoms with Crippen molar-refractivity contribution >= 4 is 6.29 Å². The van der Waals surface area contributed by atoms with Crippen molar-refractivity contribution in [1.82, 2.24) is 10.1 Å². The minimum absolute atomic E-state index is 0.173. The Morgan fingerprint density at radius 1 is 1.35 bits per heavy atom.